The van der Waals surface area contributed by atoms with Crippen molar-refractivity contribution in [2.24, 2.45) is 0 Å². The van der Waals surface area contributed by atoms with Crippen molar-refractivity contribution in [3.63, 3.8) is 0 Å². The number of aromatic nitrogens is 1. The Morgan fingerprint density at radius 3 is 2.44 bits per heavy atom. The lowest BCUT2D eigenvalue weighted by Gasteiger charge is -2.34. The van der Waals surface area contributed by atoms with Crippen molar-refractivity contribution < 1.29 is 17.6 Å². The molecule has 0 spiro atoms. The molecule has 1 aliphatic heterocycles. The molecule has 0 bridgehead atoms. The van der Waals surface area contributed by atoms with E-state index in [1.165, 1.54) is 11.2 Å². The van der Waals surface area contributed by atoms with Crippen molar-refractivity contribution in [1.29, 1.82) is 0 Å². The molecule has 34 heavy (non-hydrogen) atoms. The largest absolute Gasteiger partial charge is 0.441 e. The topological polar surface area (TPSA) is 95.8 Å². The summed E-state index contributed by atoms with van der Waals surface area (Å²) in [5, 5.41) is 2.64. The normalized spacial score (nSPS) is 15.4. The average molecular weight is 483 g/mol. The molecule has 0 unspecified atom stereocenters. The lowest BCUT2D eigenvalue weighted by atomic mass is 10.1. The van der Waals surface area contributed by atoms with Crippen LogP contribution in [-0.2, 0) is 21.4 Å². The molecule has 2 heterocycles. The minimum atomic E-state index is -3.74. The number of oxazole rings is 1. The van der Waals surface area contributed by atoms with Crippen LogP contribution < -0.4 is 5.32 Å². The number of amides is 1. The lowest BCUT2D eigenvalue weighted by Crippen LogP contribution is -2.48. The van der Waals surface area contributed by atoms with Gasteiger partial charge in [-0.25, -0.2) is 13.4 Å². The van der Waals surface area contributed by atoms with Crippen LogP contribution in [0.3, 0.4) is 0 Å². The van der Waals surface area contributed by atoms with Crippen molar-refractivity contribution in [2.45, 2.75) is 39.1 Å². The Morgan fingerprint density at radius 1 is 1.06 bits per heavy atom. The zero-order valence-corrected chi connectivity index (χ0v) is 20.8. The van der Waals surface area contributed by atoms with E-state index in [0.717, 1.165) is 28.1 Å². The molecule has 3 aromatic rings. The number of nitrogens with one attached hydrogen (secondary N) is 1. The first-order valence-electron chi connectivity index (χ1n) is 11.3. The van der Waals surface area contributed by atoms with Crippen LogP contribution in [0.2, 0.25) is 0 Å². The molecule has 180 valence electrons. The first-order valence-corrected chi connectivity index (χ1v) is 12.7. The van der Waals surface area contributed by atoms with Gasteiger partial charge in [0.15, 0.2) is 0 Å². The number of hydrogen-bond donors (Lipinski definition) is 1. The van der Waals surface area contributed by atoms with Gasteiger partial charge in [-0.2, -0.15) is 4.31 Å². The molecule has 0 atom stereocenters. The van der Waals surface area contributed by atoms with E-state index in [2.05, 4.69) is 10.2 Å². The zero-order chi connectivity index (χ0) is 24.5. The monoisotopic (exact) mass is 482 g/mol. The van der Waals surface area contributed by atoms with Crippen LogP contribution in [-0.4, -0.2) is 54.7 Å². The first kappa shape index (κ1) is 24.1. The summed E-state index contributed by atoms with van der Waals surface area (Å²) >= 11 is 0. The van der Waals surface area contributed by atoms with E-state index < -0.39 is 10.0 Å². The van der Waals surface area contributed by atoms with E-state index in [0.29, 0.717) is 44.3 Å². The van der Waals surface area contributed by atoms with Gasteiger partial charge in [0.1, 0.15) is 10.7 Å². The number of piperazine rings is 1. The Morgan fingerprint density at radius 2 is 1.76 bits per heavy atom. The van der Waals surface area contributed by atoms with Crippen molar-refractivity contribution in [3.05, 3.63) is 65.0 Å². The summed E-state index contributed by atoms with van der Waals surface area (Å²) in [6.07, 6.45) is 0. The zero-order valence-electron chi connectivity index (χ0n) is 20.0. The van der Waals surface area contributed by atoms with Gasteiger partial charge < -0.3 is 9.73 Å². The molecular formula is C25H30N4O4S. The maximum absolute atomic E-state index is 13.4. The van der Waals surface area contributed by atoms with Gasteiger partial charge in [0.25, 0.3) is 0 Å². The lowest BCUT2D eigenvalue weighted by molar-refractivity contribution is -0.114. The second kappa shape index (κ2) is 9.69. The fourth-order valence-electron chi connectivity index (χ4n) is 4.12. The minimum absolute atomic E-state index is 0.131. The molecule has 0 aliphatic carbocycles. The molecule has 8 nitrogen and oxygen atoms in total. The Bertz CT molecular complexity index is 1310. The molecule has 4 rings (SSSR count). The molecule has 1 fully saturated rings. The molecule has 1 N–H and O–H groups in total. The number of carbonyl (C=O) groups excluding carboxylic acids is 1. The highest BCUT2D eigenvalue weighted by Crippen LogP contribution is 2.28. The molecule has 1 aromatic heterocycles. The Balaban J connectivity index is 1.46. The number of anilines is 1. The fraction of sp³-hybridized carbons (Fsp3) is 0.360. The smallest absolute Gasteiger partial charge is 0.245 e. The number of rotatable bonds is 6. The number of hydrogen-bond acceptors (Lipinski definition) is 6. The van der Waals surface area contributed by atoms with Gasteiger partial charge in [-0.05, 0) is 50.1 Å². The number of carbonyl (C=O) groups is 1. The maximum Gasteiger partial charge on any atom is 0.245 e. The first-order chi connectivity index (χ1) is 16.1. The summed E-state index contributed by atoms with van der Waals surface area (Å²) in [5.41, 5.74) is 4.06. The highest BCUT2D eigenvalue weighted by atomic mass is 32.2. The van der Waals surface area contributed by atoms with Crippen molar-refractivity contribution in [2.75, 3.05) is 31.5 Å². The third-order valence-electron chi connectivity index (χ3n) is 6.04. The predicted octanol–water partition coefficient (Wildman–Crippen LogP) is 3.73. The van der Waals surface area contributed by atoms with Crippen LogP contribution in [0.5, 0.6) is 0 Å². The van der Waals surface area contributed by atoms with Gasteiger partial charge in [-0.1, -0.05) is 24.3 Å². The van der Waals surface area contributed by atoms with Gasteiger partial charge >= 0.3 is 0 Å². The Labute approximate surface area is 200 Å². The average Bonchev–Trinajstić information content (AvgIpc) is 3.15. The SMILES string of the molecule is CC(=O)Nc1ccc(C)cc1S(=O)(=O)N1CCN(Cc2nc(-c3ccccc3C)oc2C)CC1. The summed E-state index contributed by atoms with van der Waals surface area (Å²) in [7, 11) is -3.74. The van der Waals surface area contributed by atoms with Gasteiger partial charge in [-0.3, -0.25) is 9.69 Å². The molecule has 9 heteroatoms. The van der Waals surface area contributed by atoms with E-state index >= 15 is 0 Å². The van der Waals surface area contributed by atoms with E-state index in [1.54, 1.807) is 18.2 Å². The summed E-state index contributed by atoms with van der Waals surface area (Å²) < 4.78 is 34.2. The van der Waals surface area contributed by atoms with Crippen molar-refractivity contribution >= 4 is 21.6 Å². The number of sulfonamides is 1. The second-order valence-electron chi connectivity index (χ2n) is 8.70. The maximum atomic E-state index is 13.4. The highest BCUT2D eigenvalue weighted by molar-refractivity contribution is 7.89. The van der Waals surface area contributed by atoms with Gasteiger partial charge in [-0.15, -0.1) is 0 Å². The number of nitrogens with zero attached hydrogens (tertiary/aromatic N) is 3. The Kier molecular flexibility index (Phi) is 6.88. The summed E-state index contributed by atoms with van der Waals surface area (Å²) in [5.74, 6) is 1.07. The molecule has 1 aliphatic rings. The molecule has 0 saturated carbocycles. The van der Waals surface area contributed by atoms with Crippen LogP contribution in [0.4, 0.5) is 5.69 Å². The van der Waals surface area contributed by atoms with Crippen LogP contribution in [0.1, 0.15) is 29.5 Å². The third-order valence-corrected chi connectivity index (χ3v) is 7.98. The molecular weight excluding hydrogens is 452 g/mol. The minimum Gasteiger partial charge on any atom is -0.441 e. The van der Waals surface area contributed by atoms with Crippen LogP contribution in [0, 0.1) is 20.8 Å². The summed E-state index contributed by atoms with van der Waals surface area (Å²) in [6, 6.07) is 13.0. The van der Waals surface area contributed by atoms with Gasteiger partial charge in [0.2, 0.25) is 21.8 Å². The standard InChI is InChI=1S/C25H30N4O4S/c1-17-9-10-22(26-20(4)30)24(15-17)34(31,32)29-13-11-28(12-14-29)16-23-19(3)33-25(27-23)21-8-6-5-7-18(21)2/h5-10,15H,11-14,16H2,1-4H3,(H,26,30). The fourth-order valence-corrected chi connectivity index (χ4v) is 5.77. The molecule has 2 aromatic carbocycles. The Hall–Kier alpha value is -3.01. The second-order valence-corrected chi connectivity index (χ2v) is 10.6. The molecule has 1 amide bonds. The summed E-state index contributed by atoms with van der Waals surface area (Å²) in [6.45, 7) is 9.60. The molecule has 0 radical (unpaired) electrons. The van der Waals surface area contributed by atoms with Crippen molar-refractivity contribution in [3.8, 4) is 11.5 Å². The van der Waals surface area contributed by atoms with E-state index in [9.17, 15) is 13.2 Å². The molecule has 1 saturated heterocycles. The predicted molar refractivity (Wildman–Crippen MR) is 131 cm³/mol. The van der Waals surface area contributed by atoms with Gasteiger partial charge in [0, 0.05) is 45.2 Å². The summed E-state index contributed by atoms with van der Waals surface area (Å²) in [4.78, 5) is 18.6. The van der Waals surface area contributed by atoms with Crippen molar-refractivity contribution in [1.82, 2.24) is 14.2 Å². The van der Waals surface area contributed by atoms with Crippen LogP contribution in [0.25, 0.3) is 11.5 Å². The van der Waals surface area contributed by atoms with E-state index in [-0.39, 0.29) is 10.8 Å². The third kappa shape index (κ3) is 5.06. The van der Waals surface area contributed by atoms with E-state index in [1.807, 2.05) is 45.0 Å². The number of aryl methyl sites for hydroxylation is 3. The van der Waals surface area contributed by atoms with Gasteiger partial charge in [0.05, 0.1) is 11.4 Å². The quantitative estimate of drug-likeness (QED) is 0.575. The number of benzene rings is 2. The van der Waals surface area contributed by atoms with Crippen LogP contribution in [0.15, 0.2) is 51.8 Å². The highest BCUT2D eigenvalue weighted by Gasteiger charge is 2.31. The van der Waals surface area contributed by atoms with E-state index in [4.69, 9.17) is 9.40 Å². The van der Waals surface area contributed by atoms with Crippen LogP contribution >= 0.6 is 0 Å².